The van der Waals surface area contributed by atoms with Gasteiger partial charge in [-0.25, -0.2) is 9.37 Å². The first-order valence-corrected chi connectivity index (χ1v) is 13.2. The van der Waals surface area contributed by atoms with E-state index in [-0.39, 0.29) is 11.9 Å². The number of benzene rings is 2. The van der Waals surface area contributed by atoms with E-state index in [1.165, 1.54) is 23.4 Å². The normalized spacial score (nSPS) is 16.7. The molecule has 3 heterocycles. The topological polar surface area (TPSA) is 33.1 Å². The van der Waals surface area contributed by atoms with Crippen LogP contribution in [0, 0.1) is 12.7 Å². The second-order valence-electron chi connectivity index (χ2n) is 9.24. The maximum Gasteiger partial charge on any atom is 0.123 e. The van der Waals surface area contributed by atoms with Crippen molar-refractivity contribution in [3.05, 3.63) is 126 Å². The van der Waals surface area contributed by atoms with E-state index in [9.17, 15) is 4.39 Å². The molecule has 1 aromatic heterocycles. The third-order valence-electron chi connectivity index (χ3n) is 6.90. The highest BCUT2D eigenvalue weighted by Crippen LogP contribution is 2.43. The molecule has 0 bridgehead atoms. The van der Waals surface area contributed by atoms with Crippen molar-refractivity contribution in [3.63, 3.8) is 0 Å². The summed E-state index contributed by atoms with van der Waals surface area (Å²) in [6.45, 7) is 17.0. The largest absolute Gasteiger partial charge is 0.355 e. The average Bonchev–Trinajstić information content (AvgIpc) is 3.36. The minimum Gasteiger partial charge on any atom is -0.355 e. The molecule has 192 valence electrons. The van der Waals surface area contributed by atoms with Gasteiger partial charge in [0.15, 0.2) is 0 Å². The third kappa shape index (κ3) is 5.46. The number of anilines is 1. The first-order valence-electron chi connectivity index (χ1n) is 13.2. The van der Waals surface area contributed by atoms with Gasteiger partial charge in [0.05, 0.1) is 18.1 Å². The van der Waals surface area contributed by atoms with Crippen LogP contribution in [0.25, 0.3) is 5.69 Å². The number of halogens is 1. The summed E-state index contributed by atoms with van der Waals surface area (Å²) in [5.74, 6) is -0.211. The fourth-order valence-electron chi connectivity index (χ4n) is 5.13. The van der Waals surface area contributed by atoms with E-state index in [0.29, 0.717) is 0 Å². The van der Waals surface area contributed by atoms with Crippen molar-refractivity contribution in [1.29, 1.82) is 0 Å². The Morgan fingerprint density at radius 3 is 2.57 bits per heavy atom. The third-order valence-corrected chi connectivity index (χ3v) is 6.90. The predicted molar refractivity (Wildman–Crippen MR) is 152 cm³/mol. The Labute approximate surface area is 220 Å². The zero-order valence-electron chi connectivity index (χ0n) is 22.4. The van der Waals surface area contributed by atoms with Crippen molar-refractivity contribution in [2.45, 2.75) is 59.4 Å². The SMILES string of the molecule is C=C(Nc1ccc(-n2cnc(C)c2)c(CC)c1)C1=CC=C2CCCC(c3ccc(F)cc3)N2C1=C.CC. The molecule has 2 aliphatic rings. The summed E-state index contributed by atoms with van der Waals surface area (Å²) in [5.41, 5.74) is 9.42. The Bertz CT molecular complexity index is 1340. The van der Waals surface area contributed by atoms with E-state index in [4.69, 9.17) is 0 Å². The lowest BCUT2D eigenvalue weighted by molar-refractivity contribution is 0.254. The fraction of sp³-hybridized carbons (Fsp3) is 0.281. The molecule has 4 nitrogen and oxygen atoms in total. The number of rotatable bonds is 6. The molecule has 5 rings (SSSR count). The van der Waals surface area contributed by atoms with Crippen LogP contribution < -0.4 is 5.32 Å². The summed E-state index contributed by atoms with van der Waals surface area (Å²) in [6, 6.07) is 13.4. The first-order chi connectivity index (χ1) is 17.9. The van der Waals surface area contributed by atoms with E-state index in [0.717, 1.165) is 65.3 Å². The van der Waals surface area contributed by atoms with Crippen LogP contribution in [0.3, 0.4) is 0 Å². The van der Waals surface area contributed by atoms with Crippen molar-refractivity contribution < 1.29 is 4.39 Å². The zero-order valence-corrected chi connectivity index (χ0v) is 22.4. The molecular formula is C32H37FN4. The smallest absolute Gasteiger partial charge is 0.123 e. The molecule has 0 aliphatic carbocycles. The highest BCUT2D eigenvalue weighted by atomic mass is 19.1. The van der Waals surface area contributed by atoms with Gasteiger partial charge >= 0.3 is 0 Å². The molecule has 1 saturated heterocycles. The number of imidazole rings is 1. The molecule has 0 radical (unpaired) electrons. The predicted octanol–water partition coefficient (Wildman–Crippen LogP) is 8.40. The van der Waals surface area contributed by atoms with Crippen molar-refractivity contribution >= 4 is 5.69 Å². The van der Waals surface area contributed by atoms with Crippen LogP contribution in [-0.2, 0) is 6.42 Å². The monoisotopic (exact) mass is 496 g/mol. The van der Waals surface area contributed by atoms with Gasteiger partial charge < -0.3 is 14.8 Å². The molecule has 0 amide bonds. The van der Waals surface area contributed by atoms with E-state index in [2.05, 4.69) is 70.2 Å². The Morgan fingerprint density at radius 1 is 1.14 bits per heavy atom. The van der Waals surface area contributed by atoms with Gasteiger partial charge in [-0.1, -0.05) is 46.1 Å². The lowest BCUT2D eigenvalue weighted by atomic mass is 9.89. The minimum atomic E-state index is -0.211. The molecule has 2 aromatic carbocycles. The second-order valence-corrected chi connectivity index (χ2v) is 9.24. The van der Waals surface area contributed by atoms with Crippen LogP contribution in [0.5, 0.6) is 0 Å². The number of piperidine rings is 1. The van der Waals surface area contributed by atoms with E-state index < -0.39 is 0 Å². The Balaban J connectivity index is 0.00000156. The summed E-state index contributed by atoms with van der Waals surface area (Å²) in [4.78, 5) is 6.67. The number of hydrogen-bond donors (Lipinski definition) is 1. The van der Waals surface area contributed by atoms with Crippen LogP contribution >= 0.6 is 0 Å². The summed E-state index contributed by atoms with van der Waals surface area (Å²) >= 11 is 0. The molecule has 5 heteroatoms. The van der Waals surface area contributed by atoms with Gasteiger partial charge in [0.1, 0.15) is 5.82 Å². The first kappa shape index (κ1) is 26.2. The van der Waals surface area contributed by atoms with Gasteiger partial charge in [0.2, 0.25) is 0 Å². The molecular weight excluding hydrogens is 459 g/mol. The number of allylic oxidation sites excluding steroid dienone is 3. The van der Waals surface area contributed by atoms with Crippen LogP contribution in [0.1, 0.15) is 62.9 Å². The Morgan fingerprint density at radius 2 is 1.89 bits per heavy atom. The molecule has 1 fully saturated rings. The highest BCUT2D eigenvalue weighted by Gasteiger charge is 2.32. The lowest BCUT2D eigenvalue weighted by Gasteiger charge is -2.43. The molecule has 1 unspecified atom stereocenters. The van der Waals surface area contributed by atoms with Gasteiger partial charge in [0, 0.05) is 40.2 Å². The minimum absolute atomic E-state index is 0.143. The molecule has 1 N–H and O–H groups in total. The van der Waals surface area contributed by atoms with E-state index in [1.807, 2.05) is 45.4 Å². The number of fused-ring (bicyclic) bond motifs is 1. The number of nitrogens with one attached hydrogen (secondary N) is 1. The maximum absolute atomic E-state index is 13.5. The highest BCUT2D eigenvalue weighted by molar-refractivity contribution is 5.62. The number of nitrogens with zero attached hydrogens (tertiary/aromatic N) is 3. The Kier molecular flexibility index (Phi) is 8.12. The van der Waals surface area contributed by atoms with Gasteiger partial charge in [0.25, 0.3) is 0 Å². The molecule has 37 heavy (non-hydrogen) atoms. The average molecular weight is 497 g/mol. The second kappa shape index (κ2) is 11.5. The molecule has 1 atom stereocenters. The van der Waals surface area contributed by atoms with Gasteiger partial charge in [-0.3, -0.25) is 0 Å². The van der Waals surface area contributed by atoms with E-state index in [1.54, 1.807) is 0 Å². The van der Waals surface area contributed by atoms with Crippen molar-refractivity contribution in [2.75, 3.05) is 5.32 Å². The Hall–Kier alpha value is -3.86. The maximum atomic E-state index is 13.5. The summed E-state index contributed by atoms with van der Waals surface area (Å²) in [5, 5.41) is 3.50. The lowest BCUT2D eigenvalue weighted by Crippen LogP contribution is -2.33. The van der Waals surface area contributed by atoms with Crippen LogP contribution in [-0.4, -0.2) is 14.5 Å². The summed E-state index contributed by atoms with van der Waals surface area (Å²) in [7, 11) is 0. The number of hydrogen-bond acceptors (Lipinski definition) is 3. The molecule has 0 saturated carbocycles. The fourth-order valence-corrected chi connectivity index (χ4v) is 5.13. The zero-order chi connectivity index (χ0) is 26.5. The van der Waals surface area contributed by atoms with Crippen molar-refractivity contribution in [1.82, 2.24) is 14.5 Å². The van der Waals surface area contributed by atoms with Crippen LogP contribution in [0.2, 0.25) is 0 Å². The van der Waals surface area contributed by atoms with Crippen molar-refractivity contribution in [3.8, 4) is 5.69 Å². The van der Waals surface area contributed by atoms with Gasteiger partial charge in [-0.15, -0.1) is 0 Å². The standard InChI is InChI=1S/C30H31FN4.C2H6/c1-5-23-17-26(13-16-29(23)34-18-20(2)32-19-34)33-21(3)28-15-14-27-7-6-8-30(35(27)22(28)4)24-9-11-25(31)12-10-24;1-2/h9-19,30,33H,3-8H2,1-2H3;1-2H3. The van der Waals surface area contributed by atoms with Crippen LogP contribution in [0.4, 0.5) is 10.1 Å². The van der Waals surface area contributed by atoms with Gasteiger partial charge in [-0.05, 0) is 86.2 Å². The molecule has 3 aromatic rings. The number of aromatic nitrogens is 2. The molecule has 2 aliphatic heterocycles. The summed E-state index contributed by atoms with van der Waals surface area (Å²) in [6.07, 6.45) is 12.2. The summed E-state index contributed by atoms with van der Waals surface area (Å²) < 4.78 is 15.6. The van der Waals surface area contributed by atoms with Crippen molar-refractivity contribution in [2.24, 2.45) is 0 Å². The molecule has 0 spiro atoms. The quantitative estimate of drug-likeness (QED) is 0.372. The number of aryl methyl sites for hydroxylation is 2. The van der Waals surface area contributed by atoms with Crippen LogP contribution in [0.15, 0.2) is 103 Å². The van der Waals surface area contributed by atoms with E-state index >= 15 is 0 Å². The van der Waals surface area contributed by atoms with Gasteiger partial charge in [-0.2, -0.15) is 0 Å².